The van der Waals surface area contributed by atoms with Gasteiger partial charge in [-0.2, -0.15) is 13.2 Å². The number of amides is 2. The smallest absolute Gasteiger partial charge is 0.343 e. The Bertz CT molecular complexity index is 685. The quantitative estimate of drug-likeness (QED) is 0.769. The van der Waals surface area contributed by atoms with Crippen molar-refractivity contribution >= 4 is 23.6 Å². The molecule has 0 aromatic heterocycles. The van der Waals surface area contributed by atoms with Gasteiger partial charge in [-0.1, -0.05) is 19.1 Å². The Hall–Kier alpha value is -1.70. The molecule has 3 rings (SSSR count). The molecular weight excluding hydrogens is 377 g/mol. The van der Waals surface area contributed by atoms with E-state index in [0.29, 0.717) is 37.7 Å². The predicted molar refractivity (Wildman–Crippen MR) is 98.0 cm³/mol. The minimum Gasteiger partial charge on any atom is -0.343 e. The van der Waals surface area contributed by atoms with E-state index < -0.39 is 11.7 Å². The summed E-state index contributed by atoms with van der Waals surface area (Å²) in [5, 5.41) is -0.241. The van der Waals surface area contributed by atoms with Gasteiger partial charge in [0.2, 0.25) is 11.8 Å². The molecule has 2 saturated heterocycles. The topological polar surface area (TPSA) is 40.6 Å². The number of piperidine rings is 1. The van der Waals surface area contributed by atoms with Crippen molar-refractivity contribution in [2.24, 2.45) is 5.92 Å². The maximum atomic E-state index is 12.8. The Balaban J connectivity index is 1.64. The average molecular weight is 400 g/mol. The van der Waals surface area contributed by atoms with E-state index in [2.05, 4.69) is 0 Å². The van der Waals surface area contributed by atoms with Gasteiger partial charge in [0.1, 0.15) is 5.37 Å². The third-order valence-electron chi connectivity index (χ3n) is 5.22. The number of carbonyl (C=O) groups excluding carboxylic acids is 2. The summed E-state index contributed by atoms with van der Waals surface area (Å²) in [5.41, 5.74) is 0.0394. The van der Waals surface area contributed by atoms with Gasteiger partial charge < -0.3 is 9.80 Å². The lowest BCUT2D eigenvalue weighted by molar-refractivity contribution is -0.137. The van der Waals surface area contributed by atoms with Gasteiger partial charge in [-0.3, -0.25) is 9.59 Å². The maximum absolute atomic E-state index is 12.8. The predicted octanol–water partition coefficient (Wildman–Crippen LogP) is 3.93. The number of nitrogens with zero attached hydrogens (tertiary/aromatic N) is 2. The van der Waals surface area contributed by atoms with Crippen LogP contribution in [0.15, 0.2) is 24.3 Å². The standard InChI is InChI=1S/C19H23F3N2O2S/c1-2-16(25)23-9-7-13(8-10-23)11-24-17(26)12-27-18(24)14-3-5-15(6-4-14)19(20,21)22/h3-6,13,18H,2,7-12H2,1H3/t18-/m0/s1. The van der Waals surface area contributed by atoms with Crippen LogP contribution in [0.1, 0.15) is 42.7 Å². The summed E-state index contributed by atoms with van der Waals surface area (Å²) in [5.74, 6) is 0.838. The van der Waals surface area contributed by atoms with Crippen molar-refractivity contribution < 1.29 is 22.8 Å². The fourth-order valence-corrected chi connectivity index (χ4v) is 4.83. The summed E-state index contributed by atoms with van der Waals surface area (Å²) in [6.07, 6.45) is -2.16. The van der Waals surface area contributed by atoms with Crippen molar-refractivity contribution in [3.8, 4) is 0 Å². The van der Waals surface area contributed by atoms with E-state index in [0.717, 1.165) is 30.5 Å². The molecule has 0 unspecified atom stereocenters. The Morgan fingerprint density at radius 3 is 2.37 bits per heavy atom. The van der Waals surface area contributed by atoms with Crippen LogP contribution in [0.5, 0.6) is 0 Å². The van der Waals surface area contributed by atoms with Crippen LogP contribution in [-0.2, 0) is 15.8 Å². The zero-order valence-electron chi connectivity index (χ0n) is 15.2. The normalized spacial score (nSPS) is 21.8. The molecule has 2 heterocycles. The van der Waals surface area contributed by atoms with Gasteiger partial charge in [0.25, 0.3) is 0 Å². The number of carbonyl (C=O) groups is 2. The third-order valence-corrected chi connectivity index (χ3v) is 6.47. The summed E-state index contributed by atoms with van der Waals surface area (Å²) in [7, 11) is 0. The zero-order chi connectivity index (χ0) is 19.6. The van der Waals surface area contributed by atoms with Crippen LogP contribution < -0.4 is 0 Å². The summed E-state index contributed by atoms with van der Waals surface area (Å²) in [6.45, 7) is 3.85. The molecular formula is C19H23F3N2O2S. The summed E-state index contributed by atoms with van der Waals surface area (Å²) in [6, 6.07) is 5.08. The number of hydrogen-bond acceptors (Lipinski definition) is 3. The van der Waals surface area contributed by atoms with Crippen molar-refractivity contribution in [3.63, 3.8) is 0 Å². The summed E-state index contributed by atoms with van der Waals surface area (Å²) in [4.78, 5) is 27.8. The van der Waals surface area contributed by atoms with Gasteiger partial charge in [0, 0.05) is 26.1 Å². The van der Waals surface area contributed by atoms with Gasteiger partial charge in [0.05, 0.1) is 11.3 Å². The van der Waals surface area contributed by atoms with E-state index in [9.17, 15) is 22.8 Å². The number of halogens is 3. The average Bonchev–Trinajstić information content (AvgIpc) is 3.01. The lowest BCUT2D eigenvalue weighted by Gasteiger charge is -2.35. The molecule has 2 aliphatic rings. The van der Waals surface area contributed by atoms with Gasteiger partial charge in [-0.15, -0.1) is 11.8 Å². The van der Waals surface area contributed by atoms with Crippen LogP contribution in [0.25, 0.3) is 0 Å². The highest BCUT2D eigenvalue weighted by Gasteiger charge is 2.36. The second-order valence-corrected chi connectivity index (χ2v) is 8.08. The summed E-state index contributed by atoms with van der Waals surface area (Å²) < 4.78 is 38.3. The van der Waals surface area contributed by atoms with E-state index in [4.69, 9.17) is 0 Å². The van der Waals surface area contributed by atoms with Crippen molar-refractivity contribution in [2.75, 3.05) is 25.4 Å². The molecule has 27 heavy (non-hydrogen) atoms. The Labute approximate surface area is 161 Å². The molecule has 0 bridgehead atoms. The molecule has 0 N–H and O–H groups in total. The van der Waals surface area contributed by atoms with Gasteiger partial charge in [-0.05, 0) is 36.5 Å². The fourth-order valence-electron chi connectivity index (χ4n) is 3.63. The Kier molecular flexibility index (Phi) is 6.03. The highest BCUT2D eigenvalue weighted by atomic mass is 32.2. The molecule has 0 saturated carbocycles. The molecule has 2 amide bonds. The molecule has 2 fully saturated rings. The van der Waals surface area contributed by atoms with Gasteiger partial charge >= 0.3 is 6.18 Å². The highest BCUT2D eigenvalue weighted by molar-refractivity contribution is 8.00. The SMILES string of the molecule is CCC(=O)N1CCC(CN2C(=O)CS[C@H]2c2ccc(C(F)(F)F)cc2)CC1. The van der Waals surface area contributed by atoms with Gasteiger partial charge in [-0.25, -0.2) is 0 Å². The van der Waals surface area contributed by atoms with E-state index >= 15 is 0 Å². The molecule has 0 aliphatic carbocycles. The number of likely N-dealkylation sites (tertiary alicyclic amines) is 1. The number of rotatable bonds is 4. The van der Waals surface area contributed by atoms with Crippen LogP contribution >= 0.6 is 11.8 Å². The van der Waals surface area contributed by atoms with Crippen LogP contribution in [0.3, 0.4) is 0 Å². The molecule has 1 aromatic rings. The minimum absolute atomic E-state index is 0.0250. The third kappa shape index (κ3) is 4.59. The summed E-state index contributed by atoms with van der Waals surface area (Å²) >= 11 is 1.45. The van der Waals surface area contributed by atoms with Crippen molar-refractivity contribution in [3.05, 3.63) is 35.4 Å². The monoisotopic (exact) mass is 400 g/mol. The molecule has 2 aliphatic heterocycles. The van der Waals surface area contributed by atoms with Crippen LogP contribution in [-0.4, -0.2) is 47.0 Å². The number of alkyl halides is 3. The fraction of sp³-hybridized carbons (Fsp3) is 0.579. The van der Waals surface area contributed by atoms with Crippen LogP contribution in [0.4, 0.5) is 13.2 Å². The molecule has 0 spiro atoms. The molecule has 1 aromatic carbocycles. The Morgan fingerprint density at radius 1 is 1.19 bits per heavy atom. The molecule has 8 heteroatoms. The number of thioether (sulfide) groups is 1. The molecule has 1 atom stereocenters. The molecule has 148 valence electrons. The van der Waals surface area contributed by atoms with Crippen molar-refractivity contribution in [1.82, 2.24) is 9.80 Å². The molecule has 4 nitrogen and oxygen atoms in total. The number of benzene rings is 1. The van der Waals surface area contributed by atoms with Crippen LogP contribution in [0, 0.1) is 5.92 Å². The van der Waals surface area contributed by atoms with Crippen molar-refractivity contribution in [1.29, 1.82) is 0 Å². The largest absolute Gasteiger partial charge is 0.416 e. The first-order valence-corrected chi connectivity index (χ1v) is 10.2. The first-order valence-electron chi connectivity index (χ1n) is 9.15. The molecule has 0 radical (unpaired) electrons. The Morgan fingerprint density at radius 2 is 1.81 bits per heavy atom. The second kappa shape index (κ2) is 8.12. The highest BCUT2D eigenvalue weighted by Crippen LogP contribution is 2.40. The lowest BCUT2D eigenvalue weighted by atomic mass is 9.95. The van der Waals surface area contributed by atoms with E-state index in [1.165, 1.54) is 23.9 Å². The zero-order valence-corrected chi connectivity index (χ0v) is 16.0. The van der Waals surface area contributed by atoms with E-state index in [1.807, 2.05) is 11.8 Å². The lowest BCUT2D eigenvalue weighted by Crippen LogP contribution is -2.42. The van der Waals surface area contributed by atoms with E-state index in [-0.39, 0.29) is 17.2 Å². The minimum atomic E-state index is -4.36. The first kappa shape index (κ1) is 20.0. The van der Waals surface area contributed by atoms with Crippen molar-refractivity contribution in [2.45, 2.75) is 37.7 Å². The van der Waals surface area contributed by atoms with E-state index in [1.54, 1.807) is 4.90 Å². The second-order valence-electron chi connectivity index (χ2n) is 7.01. The number of hydrogen-bond donors (Lipinski definition) is 0. The maximum Gasteiger partial charge on any atom is 0.416 e. The first-order chi connectivity index (χ1) is 12.8. The van der Waals surface area contributed by atoms with Crippen LogP contribution in [0.2, 0.25) is 0 Å². The van der Waals surface area contributed by atoms with Gasteiger partial charge in [0.15, 0.2) is 0 Å².